The van der Waals surface area contributed by atoms with E-state index in [4.69, 9.17) is 24.6 Å². The van der Waals surface area contributed by atoms with Crippen LogP contribution < -0.4 is 16.2 Å². The molecule has 0 aromatic heterocycles. The van der Waals surface area contributed by atoms with Crippen LogP contribution in [0.5, 0.6) is 0 Å². The van der Waals surface area contributed by atoms with Gasteiger partial charge in [0.1, 0.15) is 17.2 Å². The number of esters is 1. The number of hydrogen-bond acceptors (Lipinski definition) is 9. The van der Waals surface area contributed by atoms with Gasteiger partial charge in [-0.3, -0.25) is 14.5 Å². The summed E-state index contributed by atoms with van der Waals surface area (Å²) in [6.45, 7) is 10.6. The Morgan fingerprint density at radius 3 is 2.21 bits per heavy atom. The van der Waals surface area contributed by atoms with Gasteiger partial charge in [-0.2, -0.15) is 8.42 Å². The molecule has 0 saturated carbocycles. The van der Waals surface area contributed by atoms with Crippen LogP contribution in [-0.2, 0) is 28.6 Å². The van der Waals surface area contributed by atoms with Gasteiger partial charge in [0, 0.05) is 12.4 Å². The Hall–Kier alpha value is -2.14. The predicted octanol–water partition coefficient (Wildman–Crippen LogP) is 2.70. The van der Waals surface area contributed by atoms with Crippen molar-refractivity contribution in [3.63, 3.8) is 0 Å². The standard InChI is InChI=1S/C25H45N3O5S.C2H4O2/c1-7-8-9-10-11-12-13-14-20(33-34(6,30)31)17-19-15-16-21-22(23(29)32-25(3,4)5)18(2)27-24(26)28(19)21;1-2(3)4/h19-21H,7-17H2,1-6H3,(H2,26,27,29);1H3,(H,3,4)/t19-,20-,21-;/m0./s1. The topological polar surface area (TPSA) is 151 Å². The van der Waals surface area contributed by atoms with Crippen LogP contribution in [0.2, 0.25) is 0 Å². The second kappa shape index (κ2) is 15.5. The third-order valence-corrected chi connectivity index (χ3v) is 7.05. The zero-order valence-corrected chi connectivity index (χ0v) is 25.1. The predicted molar refractivity (Wildman–Crippen MR) is 146 cm³/mol. The van der Waals surface area contributed by atoms with Crippen molar-refractivity contribution in [2.75, 3.05) is 6.26 Å². The first-order valence-electron chi connectivity index (χ1n) is 13.7. The second-order valence-electron chi connectivity index (χ2n) is 11.3. The highest BCUT2D eigenvalue weighted by Gasteiger charge is 2.45. The number of nitrogens with two attached hydrogens (primary N) is 1. The summed E-state index contributed by atoms with van der Waals surface area (Å²) in [7, 11) is -3.57. The molecule has 0 aliphatic carbocycles. The lowest BCUT2D eigenvalue weighted by Gasteiger charge is -2.29. The highest BCUT2D eigenvalue weighted by Crippen LogP contribution is 2.33. The SMILES string of the molecule is CC(=O)[O-].CCCCCCCCC[C@@H](C[C@@H]1CC[C@H]2C(C(=O)OC(C)(C)C)=C(C)NC(N)=[N+]12)OS(C)(=O)=O. The van der Waals surface area contributed by atoms with Gasteiger partial charge in [-0.15, -0.1) is 0 Å². The third-order valence-electron chi connectivity index (χ3n) is 6.43. The molecule has 220 valence electrons. The number of fused-ring (bicyclic) bond motifs is 1. The monoisotopic (exact) mass is 559 g/mol. The number of carboxylic acids is 1. The largest absolute Gasteiger partial charge is 0.550 e. The summed E-state index contributed by atoms with van der Waals surface area (Å²) in [5.74, 6) is -0.931. The maximum atomic E-state index is 13.0. The van der Waals surface area contributed by atoms with Crippen molar-refractivity contribution < 1.29 is 36.6 Å². The number of nitrogens with zero attached hydrogens (tertiary/aromatic N) is 1. The molecule has 0 aromatic rings. The van der Waals surface area contributed by atoms with Crippen LogP contribution in [-0.4, -0.2) is 60.9 Å². The fourth-order valence-corrected chi connectivity index (χ4v) is 5.71. The Labute approximate surface area is 229 Å². The number of carbonyl (C=O) groups is 2. The zero-order valence-electron chi connectivity index (χ0n) is 24.3. The molecule has 0 aromatic carbocycles. The number of aliphatic carboxylic acids is 1. The van der Waals surface area contributed by atoms with Crippen molar-refractivity contribution in [2.45, 2.75) is 136 Å². The third kappa shape index (κ3) is 12.6. The van der Waals surface area contributed by atoms with Gasteiger partial charge in [0.15, 0.2) is 0 Å². The molecule has 0 unspecified atom stereocenters. The Balaban J connectivity index is 0.00000168. The summed E-state index contributed by atoms with van der Waals surface area (Å²) in [6, 6.07) is -0.196. The Bertz CT molecular complexity index is 964. The highest BCUT2D eigenvalue weighted by molar-refractivity contribution is 7.86. The number of ether oxygens (including phenoxy) is 1. The number of nitrogens with one attached hydrogen (secondary N) is 1. The van der Waals surface area contributed by atoms with Gasteiger partial charge >= 0.3 is 11.9 Å². The molecule has 2 aliphatic rings. The lowest BCUT2D eigenvalue weighted by molar-refractivity contribution is -0.575. The van der Waals surface area contributed by atoms with Crippen LogP contribution in [0.4, 0.5) is 0 Å². The van der Waals surface area contributed by atoms with Crippen LogP contribution in [0.25, 0.3) is 0 Å². The fraction of sp³-hybridized carbons (Fsp3) is 0.815. The minimum atomic E-state index is -3.57. The van der Waals surface area contributed by atoms with E-state index < -0.39 is 27.8 Å². The van der Waals surface area contributed by atoms with Crippen molar-refractivity contribution in [3.8, 4) is 0 Å². The van der Waals surface area contributed by atoms with Crippen molar-refractivity contribution in [2.24, 2.45) is 5.73 Å². The van der Waals surface area contributed by atoms with Gasteiger partial charge in [0.2, 0.25) is 0 Å². The molecular weight excluding hydrogens is 510 g/mol. The number of guanidine groups is 1. The first-order valence-corrected chi connectivity index (χ1v) is 15.5. The molecule has 2 heterocycles. The van der Waals surface area contributed by atoms with Crippen LogP contribution in [0, 0.1) is 0 Å². The average molecular weight is 560 g/mol. The molecular formula is C27H49N3O7S. The number of carboxylic acid groups (broad SMARTS) is 1. The molecule has 38 heavy (non-hydrogen) atoms. The Kier molecular flexibility index (Phi) is 13.8. The summed E-state index contributed by atoms with van der Waals surface area (Å²) in [5.41, 5.74) is 7.07. The summed E-state index contributed by atoms with van der Waals surface area (Å²) in [5, 5.41) is 12.0. The Morgan fingerprint density at radius 1 is 1.13 bits per heavy atom. The second-order valence-corrected chi connectivity index (χ2v) is 12.9. The molecule has 0 amide bonds. The summed E-state index contributed by atoms with van der Waals surface area (Å²) >= 11 is 0. The van der Waals surface area contributed by atoms with Crippen LogP contribution in [0.3, 0.4) is 0 Å². The van der Waals surface area contributed by atoms with Crippen molar-refractivity contribution in [1.82, 2.24) is 5.32 Å². The molecule has 2 rings (SSSR count). The van der Waals surface area contributed by atoms with Crippen molar-refractivity contribution in [3.05, 3.63) is 11.3 Å². The lowest BCUT2D eigenvalue weighted by atomic mass is 10.0. The van der Waals surface area contributed by atoms with Crippen molar-refractivity contribution >= 4 is 28.0 Å². The molecule has 0 radical (unpaired) electrons. The van der Waals surface area contributed by atoms with Gasteiger partial charge < -0.3 is 14.6 Å². The maximum absolute atomic E-state index is 13.0. The highest BCUT2D eigenvalue weighted by atomic mass is 32.2. The molecule has 2 aliphatic heterocycles. The molecule has 1 fully saturated rings. The number of hydrogen-bond donors (Lipinski definition) is 2. The maximum Gasteiger partial charge on any atom is 0.348 e. The summed E-state index contributed by atoms with van der Waals surface area (Å²) in [4.78, 5) is 21.8. The van der Waals surface area contributed by atoms with E-state index in [1.54, 1.807) is 0 Å². The molecule has 3 atom stereocenters. The van der Waals surface area contributed by atoms with Gasteiger partial charge in [0.25, 0.3) is 10.1 Å². The van der Waals surface area contributed by atoms with Crippen LogP contribution >= 0.6 is 0 Å². The molecule has 3 N–H and O–H groups in total. The van der Waals surface area contributed by atoms with E-state index in [0.717, 1.165) is 45.3 Å². The summed E-state index contributed by atoms with van der Waals surface area (Å²) < 4.78 is 37.1. The van der Waals surface area contributed by atoms with Crippen LogP contribution in [0.15, 0.2) is 11.3 Å². The number of carbonyl (C=O) groups excluding carboxylic acids is 2. The molecule has 1 saturated heterocycles. The number of unbranched alkanes of at least 4 members (excludes halogenated alkanes) is 6. The molecule has 10 nitrogen and oxygen atoms in total. The molecule has 0 bridgehead atoms. The fourth-order valence-electron chi connectivity index (χ4n) is 5.04. The van der Waals surface area contributed by atoms with Gasteiger partial charge in [-0.05, 0) is 53.9 Å². The lowest BCUT2D eigenvalue weighted by Crippen LogP contribution is -2.51. The Morgan fingerprint density at radius 2 is 1.68 bits per heavy atom. The van der Waals surface area contributed by atoms with E-state index in [1.165, 1.54) is 25.7 Å². The minimum Gasteiger partial charge on any atom is -0.550 e. The van der Waals surface area contributed by atoms with E-state index in [-0.39, 0.29) is 18.1 Å². The van der Waals surface area contributed by atoms with Gasteiger partial charge in [-0.1, -0.05) is 51.9 Å². The quantitative estimate of drug-likeness (QED) is 0.150. The normalized spacial score (nSPS) is 20.3. The average Bonchev–Trinajstić information content (AvgIpc) is 3.13. The van der Waals surface area contributed by atoms with Gasteiger partial charge in [0.05, 0.1) is 24.1 Å². The molecule has 0 spiro atoms. The number of allylic oxidation sites excluding steroid dienone is 1. The van der Waals surface area contributed by atoms with Crippen LogP contribution in [0.1, 0.15) is 112 Å². The van der Waals surface area contributed by atoms with E-state index in [9.17, 15) is 13.2 Å². The van der Waals surface area contributed by atoms with E-state index in [0.29, 0.717) is 30.1 Å². The van der Waals surface area contributed by atoms with Gasteiger partial charge in [-0.25, -0.2) is 10.1 Å². The summed E-state index contributed by atoms with van der Waals surface area (Å²) in [6.07, 6.45) is 11.6. The zero-order chi connectivity index (χ0) is 29.1. The first kappa shape index (κ1) is 33.9. The molecule has 11 heteroatoms. The van der Waals surface area contributed by atoms with E-state index >= 15 is 0 Å². The first-order chi connectivity index (χ1) is 17.6. The smallest absolute Gasteiger partial charge is 0.348 e. The van der Waals surface area contributed by atoms with E-state index in [2.05, 4.69) is 12.2 Å². The van der Waals surface area contributed by atoms with Crippen molar-refractivity contribution in [1.29, 1.82) is 0 Å². The number of rotatable bonds is 13. The minimum absolute atomic E-state index is 0.0145. The van der Waals surface area contributed by atoms with E-state index in [1.807, 2.05) is 32.3 Å².